The van der Waals surface area contributed by atoms with Crippen LogP contribution in [-0.2, 0) is 0 Å². The molecule has 1 aromatic heterocycles. The van der Waals surface area contributed by atoms with Crippen molar-refractivity contribution in [1.82, 2.24) is 4.98 Å². The van der Waals surface area contributed by atoms with Crippen molar-refractivity contribution in [3.8, 4) is 12.1 Å². The minimum absolute atomic E-state index is 0.305. The second-order valence-corrected chi connectivity index (χ2v) is 4.13. The maximum atomic E-state index is 12.9. The van der Waals surface area contributed by atoms with Gasteiger partial charge in [0.1, 0.15) is 23.5 Å². The summed E-state index contributed by atoms with van der Waals surface area (Å²) in [6.45, 7) is 1.79. The van der Waals surface area contributed by atoms with E-state index >= 15 is 0 Å². The molecule has 0 saturated heterocycles. The molecule has 2 aromatic rings. The molecule has 1 atom stereocenters. The number of hydrogen-bond acceptors (Lipinski definition) is 3. The average molecular weight is 251 g/mol. The summed E-state index contributed by atoms with van der Waals surface area (Å²) in [4.78, 5) is 4.18. The smallest absolute Gasteiger partial charge is 0.143 e. The molecular formula is C15H10FN3. The maximum Gasteiger partial charge on any atom is 0.143 e. The average Bonchev–Trinajstić information content (AvgIpc) is 2.43. The number of aryl methyl sites for hydroxylation is 1. The molecule has 3 nitrogen and oxygen atoms in total. The summed E-state index contributed by atoms with van der Waals surface area (Å²) in [5.74, 6) is -0.955. The van der Waals surface area contributed by atoms with Crippen LogP contribution in [0.4, 0.5) is 4.39 Å². The fourth-order valence-electron chi connectivity index (χ4n) is 1.78. The molecule has 92 valence electrons. The normalized spacial score (nSPS) is 11.4. The van der Waals surface area contributed by atoms with Crippen LogP contribution in [0.25, 0.3) is 0 Å². The minimum atomic E-state index is -0.603. The van der Waals surface area contributed by atoms with Gasteiger partial charge in [-0.1, -0.05) is 18.2 Å². The standard InChI is InChI=1S/C15H10FN3/c1-10-2-7-14(19-15(10)9-18)13(8-17)11-3-5-12(16)6-4-11/h2-7,13H,1H3. The lowest BCUT2D eigenvalue weighted by Crippen LogP contribution is -2.03. The molecule has 0 saturated carbocycles. The van der Waals surface area contributed by atoms with Crippen LogP contribution in [-0.4, -0.2) is 4.98 Å². The van der Waals surface area contributed by atoms with E-state index < -0.39 is 5.92 Å². The quantitative estimate of drug-likeness (QED) is 0.824. The molecule has 0 N–H and O–H groups in total. The monoisotopic (exact) mass is 251 g/mol. The van der Waals surface area contributed by atoms with Gasteiger partial charge in [-0.2, -0.15) is 10.5 Å². The Bertz CT molecular complexity index is 678. The lowest BCUT2D eigenvalue weighted by molar-refractivity contribution is 0.627. The molecule has 0 radical (unpaired) electrons. The first-order valence-corrected chi connectivity index (χ1v) is 5.68. The molecule has 4 heteroatoms. The van der Waals surface area contributed by atoms with Crippen molar-refractivity contribution in [1.29, 1.82) is 10.5 Å². The van der Waals surface area contributed by atoms with Crippen LogP contribution in [0.15, 0.2) is 36.4 Å². The fourth-order valence-corrected chi connectivity index (χ4v) is 1.78. The Hall–Kier alpha value is -2.72. The van der Waals surface area contributed by atoms with E-state index in [0.717, 1.165) is 5.56 Å². The summed E-state index contributed by atoms with van der Waals surface area (Å²) in [5, 5.41) is 18.2. The van der Waals surface area contributed by atoms with E-state index in [9.17, 15) is 9.65 Å². The largest absolute Gasteiger partial charge is 0.240 e. The zero-order valence-electron chi connectivity index (χ0n) is 10.3. The molecule has 0 aliphatic carbocycles. The van der Waals surface area contributed by atoms with Crippen LogP contribution >= 0.6 is 0 Å². The van der Waals surface area contributed by atoms with E-state index in [1.165, 1.54) is 12.1 Å². The molecule has 0 aliphatic rings. The molecule has 19 heavy (non-hydrogen) atoms. The minimum Gasteiger partial charge on any atom is -0.240 e. The van der Waals surface area contributed by atoms with Gasteiger partial charge in [0.05, 0.1) is 11.8 Å². The summed E-state index contributed by atoms with van der Waals surface area (Å²) in [6.07, 6.45) is 0. The van der Waals surface area contributed by atoms with Crippen molar-refractivity contribution in [2.24, 2.45) is 0 Å². The number of pyridine rings is 1. The fraction of sp³-hybridized carbons (Fsp3) is 0.133. The van der Waals surface area contributed by atoms with Crippen LogP contribution in [0.3, 0.4) is 0 Å². The molecule has 2 rings (SSSR count). The molecule has 0 aliphatic heterocycles. The number of rotatable bonds is 2. The predicted octanol–water partition coefficient (Wildman–Crippen LogP) is 3.06. The SMILES string of the molecule is Cc1ccc(C(C#N)c2ccc(F)cc2)nc1C#N. The molecule has 0 bridgehead atoms. The van der Waals surface area contributed by atoms with Gasteiger partial charge in [-0.05, 0) is 36.2 Å². The number of aromatic nitrogens is 1. The molecule has 1 heterocycles. The number of nitrogens with zero attached hydrogens (tertiary/aromatic N) is 3. The van der Waals surface area contributed by atoms with Crippen molar-refractivity contribution in [3.05, 3.63) is 64.7 Å². The third-order valence-corrected chi connectivity index (χ3v) is 2.85. The number of halogens is 1. The van der Waals surface area contributed by atoms with Gasteiger partial charge in [0.15, 0.2) is 0 Å². The Morgan fingerprint density at radius 1 is 1.11 bits per heavy atom. The van der Waals surface area contributed by atoms with Gasteiger partial charge in [-0.3, -0.25) is 0 Å². The van der Waals surface area contributed by atoms with Gasteiger partial charge in [-0.25, -0.2) is 9.37 Å². The highest BCUT2D eigenvalue weighted by atomic mass is 19.1. The lowest BCUT2D eigenvalue weighted by atomic mass is 9.96. The summed E-state index contributed by atoms with van der Waals surface area (Å²) >= 11 is 0. The van der Waals surface area contributed by atoms with Gasteiger partial charge in [0, 0.05) is 0 Å². The third kappa shape index (κ3) is 2.59. The summed E-state index contributed by atoms with van der Waals surface area (Å²) < 4.78 is 12.9. The van der Waals surface area contributed by atoms with E-state index in [1.807, 2.05) is 6.07 Å². The van der Waals surface area contributed by atoms with Crippen LogP contribution in [0, 0.1) is 35.4 Å². The molecule has 0 fully saturated rings. The zero-order valence-corrected chi connectivity index (χ0v) is 10.3. The van der Waals surface area contributed by atoms with E-state index in [2.05, 4.69) is 11.1 Å². The van der Waals surface area contributed by atoms with Crippen LogP contribution < -0.4 is 0 Å². The molecule has 0 spiro atoms. The summed E-state index contributed by atoms with van der Waals surface area (Å²) in [7, 11) is 0. The highest BCUT2D eigenvalue weighted by Gasteiger charge is 2.16. The Morgan fingerprint density at radius 2 is 1.79 bits per heavy atom. The predicted molar refractivity (Wildman–Crippen MR) is 67.5 cm³/mol. The van der Waals surface area contributed by atoms with E-state index in [4.69, 9.17) is 5.26 Å². The van der Waals surface area contributed by atoms with Crippen molar-refractivity contribution >= 4 is 0 Å². The van der Waals surface area contributed by atoms with E-state index in [1.54, 1.807) is 31.2 Å². The zero-order chi connectivity index (χ0) is 13.8. The number of hydrogen-bond donors (Lipinski definition) is 0. The second-order valence-electron chi connectivity index (χ2n) is 4.13. The first kappa shape index (κ1) is 12.7. The highest BCUT2D eigenvalue weighted by molar-refractivity contribution is 5.39. The summed E-state index contributed by atoms with van der Waals surface area (Å²) in [5.41, 5.74) is 2.22. The highest BCUT2D eigenvalue weighted by Crippen LogP contribution is 2.23. The third-order valence-electron chi connectivity index (χ3n) is 2.85. The Labute approximate surface area is 110 Å². The van der Waals surface area contributed by atoms with Crippen LogP contribution in [0.5, 0.6) is 0 Å². The van der Waals surface area contributed by atoms with Gasteiger partial charge < -0.3 is 0 Å². The van der Waals surface area contributed by atoms with Crippen LogP contribution in [0.1, 0.15) is 28.4 Å². The Morgan fingerprint density at radius 3 is 2.37 bits per heavy atom. The van der Waals surface area contributed by atoms with Crippen molar-refractivity contribution in [3.63, 3.8) is 0 Å². The molecule has 0 amide bonds. The van der Waals surface area contributed by atoms with Gasteiger partial charge in [-0.15, -0.1) is 0 Å². The first-order valence-electron chi connectivity index (χ1n) is 5.68. The number of nitriles is 2. The molecule has 1 unspecified atom stereocenters. The Balaban J connectivity index is 2.46. The van der Waals surface area contributed by atoms with Crippen molar-refractivity contribution in [2.45, 2.75) is 12.8 Å². The topological polar surface area (TPSA) is 60.5 Å². The Kier molecular flexibility index (Phi) is 3.54. The van der Waals surface area contributed by atoms with Gasteiger partial charge >= 0.3 is 0 Å². The van der Waals surface area contributed by atoms with Gasteiger partial charge in [0.2, 0.25) is 0 Å². The van der Waals surface area contributed by atoms with Gasteiger partial charge in [0.25, 0.3) is 0 Å². The van der Waals surface area contributed by atoms with E-state index in [0.29, 0.717) is 17.0 Å². The number of benzene rings is 1. The van der Waals surface area contributed by atoms with Crippen LogP contribution in [0.2, 0.25) is 0 Å². The second kappa shape index (κ2) is 5.29. The van der Waals surface area contributed by atoms with E-state index in [-0.39, 0.29) is 5.82 Å². The maximum absolute atomic E-state index is 12.9. The lowest BCUT2D eigenvalue weighted by Gasteiger charge is -2.10. The first-order chi connectivity index (χ1) is 9.15. The molecular weight excluding hydrogens is 241 g/mol. The summed E-state index contributed by atoms with van der Waals surface area (Å²) in [6, 6.07) is 13.3. The van der Waals surface area contributed by atoms with Crippen molar-refractivity contribution in [2.75, 3.05) is 0 Å². The van der Waals surface area contributed by atoms with Crippen molar-refractivity contribution < 1.29 is 4.39 Å². The molecule has 1 aromatic carbocycles.